The second-order valence-corrected chi connectivity index (χ2v) is 7.81. The van der Waals surface area contributed by atoms with Crippen molar-refractivity contribution in [2.45, 2.75) is 5.22 Å². The number of para-hydroxylation sites is 4. The van der Waals surface area contributed by atoms with E-state index in [9.17, 15) is 8.42 Å². The van der Waals surface area contributed by atoms with Gasteiger partial charge in [0.2, 0.25) is 10.0 Å². The summed E-state index contributed by atoms with van der Waals surface area (Å²) >= 11 is 1.27. The van der Waals surface area contributed by atoms with Gasteiger partial charge in [0.1, 0.15) is 11.3 Å². The number of benzene rings is 2. The largest absolute Gasteiger partial charge is 0.495 e. The van der Waals surface area contributed by atoms with Crippen LogP contribution in [-0.4, -0.2) is 32.0 Å². The van der Waals surface area contributed by atoms with Crippen LogP contribution in [0.3, 0.4) is 0 Å². The molecule has 0 unspecified atom stereocenters. The smallest absolute Gasteiger partial charge is 0.256 e. The molecule has 1 heterocycles. The summed E-state index contributed by atoms with van der Waals surface area (Å²) in [5.41, 5.74) is 1.87. The normalized spacial score (nSPS) is 11.5. The van der Waals surface area contributed by atoms with E-state index in [1.807, 2.05) is 24.3 Å². The van der Waals surface area contributed by atoms with Gasteiger partial charge in [0, 0.05) is 5.75 Å². The Morgan fingerprint density at radius 2 is 1.92 bits per heavy atom. The van der Waals surface area contributed by atoms with Gasteiger partial charge in [-0.15, -0.1) is 0 Å². The van der Waals surface area contributed by atoms with Crippen molar-refractivity contribution in [3.8, 4) is 5.75 Å². The lowest BCUT2D eigenvalue weighted by molar-refractivity contribution is 0.417. The minimum Gasteiger partial charge on any atom is -0.495 e. The Kier molecular flexibility index (Phi) is 4.96. The molecule has 0 spiro atoms. The van der Waals surface area contributed by atoms with Gasteiger partial charge in [-0.05, 0) is 24.3 Å². The summed E-state index contributed by atoms with van der Waals surface area (Å²) in [5, 5.41) is 0.462. The van der Waals surface area contributed by atoms with E-state index < -0.39 is 10.0 Å². The third-order valence-electron chi connectivity index (χ3n) is 3.22. The van der Waals surface area contributed by atoms with Crippen molar-refractivity contribution in [2.75, 3.05) is 23.3 Å². The van der Waals surface area contributed by atoms with Crippen molar-refractivity contribution < 1.29 is 17.6 Å². The number of fused-ring (bicyclic) bond motifs is 1. The van der Waals surface area contributed by atoms with Crippen LogP contribution in [0.2, 0.25) is 0 Å². The fourth-order valence-corrected chi connectivity index (χ4v) is 4.40. The Morgan fingerprint density at radius 1 is 1.17 bits per heavy atom. The molecule has 0 saturated heterocycles. The van der Waals surface area contributed by atoms with Gasteiger partial charge in [0.25, 0.3) is 5.22 Å². The van der Waals surface area contributed by atoms with Crippen LogP contribution in [0.1, 0.15) is 0 Å². The highest BCUT2D eigenvalue weighted by Crippen LogP contribution is 2.26. The molecule has 6 nitrogen and oxygen atoms in total. The topological polar surface area (TPSA) is 81.4 Å². The first kappa shape index (κ1) is 16.7. The number of hydrogen-bond acceptors (Lipinski definition) is 6. The number of thioether (sulfide) groups is 1. The second kappa shape index (κ2) is 7.14. The molecule has 0 aliphatic heterocycles. The average molecular weight is 364 g/mol. The summed E-state index contributed by atoms with van der Waals surface area (Å²) in [7, 11) is -1.99. The van der Waals surface area contributed by atoms with Crippen LogP contribution >= 0.6 is 11.8 Å². The Balaban J connectivity index is 1.60. The quantitative estimate of drug-likeness (QED) is 0.647. The minimum atomic E-state index is -3.49. The third kappa shape index (κ3) is 4.01. The van der Waals surface area contributed by atoms with Crippen molar-refractivity contribution in [1.29, 1.82) is 0 Å². The van der Waals surface area contributed by atoms with Gasteiger partial charge in [0.05, 0.1) is 18.6 Å². The predicted octanol–water partition coefficient (Wildman–Crippen LogP) is 3.37. The molecule has 1 aromatic heterocycles. The standard InChI is InChI=1S/C16H16N2O4S2/c1-21-14-8-4-3-7-13(14)18-24(19,20)11-10-23-16-17-12-6-2-5-9-15(12)22-16/h2-9,18H,10-11H2,1H3. The number of anilines is 1. The zero-order valence-corrected chi connectivity index (χ0v) is 14.6. The highest BCUT2D eigenvalue weighted by Gasteiger charge is 2.14. The van der Waals surface area contributed by atoms with Gasteiger partial charge in [-0.3, -0.25) is 4.72 Å². The first-order valence-electron chi connectivity index (χ1n) is 7.19. The molecule has 3 aromatic rings. The SMILES string of the molecule is COc1ccccc1NS(=O)(=O)CCSc1nc2ccccc2o1. The molecule has 0 radical (unpaired) electrons. The number of ether oxygens (including phenoxy) is 1. The van der Waals surface area contributed by atoms with Crippen LogP contribution in [0.25, 0.3) is 11.1 Å². The number of aromatic nitrogens is 1. The Labute approximate surface area is 144 Å². The Bertz CT molecular complexity index is 905. The van der Waals surface area contributed by atoms with Crippen LogP contribution in [0, 0.1) is 0 Å². The van der Waals surface area contributed by atoms with Gasteiger partial charge in [-0.25, -0.2) is 13.4 Å². The summed E-state index contributed by atoms with van der Waals surface area (Å²) < 4.78 is 37.6. The molecule has 3 rings (SSSR count). The molecule has 1 N–H and O–H groups in total. The van der Waals surface area contributed by atoms with Crippen molar-refractivity contribution in [2.24, 2.45) is 0 Å². The molecule has 0 bridgehead atoms. The molecule has 0 saturated carbocycles. The lowest BCUT2D eigenvalue weighted by Crippen LogP contribution is -2.18. The van der Waals surface area contributed by atoms with Crippen molar-refractivity contribution >= 4 is 38.6 Å². The molecule has 126 valence electrons. The molecule has 0 fully saturated rings. The first-order chi connectivity index (χ1) is 11.6. The van der Waals surface area contributed by atoms with E-state index in [1.165, 1.54) is 18.9 Å². The first-order valence-corrected chi connectivity index (χ1v) is 9.83. The van der Waals surface area contributed by atoms with Gasteiger partial charge < -0.3 is 9.15 Å². The predicted molar refractivity (Wildman–Crippen MR) is 95.1 cm³/mol. The summed E-state index contributed by atoms with van der Waals surface area (Å²) in [5.74, 6) is 0.749. The summed E-state index contributed by atoms with van der Waals surface area (Å²) in [4.78, 5) is 4.30. The maximum Gasteiger partial charge on any atom is 0.256 e. The number of sulfonamides is 1. The molecule has 0 atom stereocenters. The molecule has 0 aliphatic carbocycles. The summed E-state index contributed by atoms with van der Waals surface area (Å²) in [6.45, 7) is 0. The molecular formula is C16H16N2O4S2. The molecule has 0 aliphatic rings. The lowest BCUT2D eigenvalue weighted by Gasteiger charge is -2.10. The average Bonchev–Trinajstić information content (AvgIpc) is 2.97. The third-order valence-corrected chi connectivity index (χ3v) is 5.59. The Hall–Kier alpha value is -2.19. The van der Waals surface area contributed by atoms with Crippen molar-refractivity contribution in [3.63, 3.8) is 0 Å². The fourth-order valence-electron chi connectivity index (χ4n) is 2.10. The number of methoxy groups -OCH3 is 1. The van der Waals surface area contributed by atoms with Gasteiger partial charge in [-0.1, -0.05) is 36.0 Å². The molecule has 24 heavy (non-hydrogen) atoms. The lowest BCUT2D eigenvalue weighted by atomic mass is 10.3. The summed E-state index contributed by atoms with van der Waals surface area (Å²) in [6.07, 6.45) is 0. The van der Waals surface area contributed by atoms with E-state index in [2.05, 4.69) is 9.71 Å². The number of nitrogens with zero attached hydrogens (tertiary/aromatic N) is 1. The maximum atomic E-state index is 12.2. The molecule has 2 aromatic carbocycles. The molecule has 0 amide bonds. The van der Waals surface area contributed by atoms with E-state index in [-0.39, 0.29) is 5.75 Å². The van der Waals surface area contributed by atoms with E-state index in [0.717, 1.165) is 5.52 Å². The van der Waals surface area contributed by atoms with E-state index in [4.69, 9.17) is 9.15 Å². The van der Waals surface area contributed by atoms with E-state index >= 15 is 0 Å². The summed E-state index contributed by atoms with van der Waals surface area (Å²) in [6, 6.07) is 14.3. The van der Waals surface area contributed by atoms with Crippen LogP contribution in [-0.2, 0) is 10.0 Å². The van der Waals surface area contributed by atoms with Gasteiger partial charge in [-0.2, -0.15) is 0 Å². The van der Waals surface area contributed by atoms with Gasteiger partial charge in [0.15, 0.2) is 5.58 Å². The van der Waals surface area contributed by atoms with E-state index in [1.54, 1.807) is 24.3 Å². The van der Waals surface area contributed by atoms with E-state index in [0.29, 0.717) is 28.0 Å². The number of oxazole rings is 1. The number of rotatable bonds is 7. The Morgan fingerprint density at radius 3 is 2.71 bits per heavy atom. The van der Waals surface area contributed by atoms with Crippen LogP contribution in [0.5, 0.6) is 5.75 Å². The van der Waals surface area contributed by atoms with Crippen molar-refractivity contribution in [1.82, 2.24) is 4.98 Å². The minimum absolute atomic E-state index is 0.0611. The number of nitrogens with one attached hydrogen (secondary N) is 1. The maximum absolute atomic E-state index is 12.2. The van der Waals surface area contributed by atoms with Crippen LogP contribution < -0.4 is 9.46 Å². The highest BCUT2D eigenvalue weighted by atomic mass is 32.2. The van der Waals surface area contributed by atoms with Gasteiger partial charge >= 0.3 is 0 Å². The van der Waals surface area contributed by atoms with Crippen LogP contribution in [0.15, 0.2) is 58.2 Å². The zero-order valence-electron chi connectivity index (χ0n) is 12.9. The zero-order chi connectivity index (χ0) is 17.0. The molecular weight excluding hydrogens is 348 g/mol. The molecule has 8 heteroatoms. The van der Waals surface area contributed by atoms with Crippen molar-refractivity contribution in [3.05, 3.63) is 48.5 Å². The monoisotopic (exact) mass is 364 g/mol. The number of hydrogen-bond donors (Lipinski definition) is 1. The van der Waals surface area contributed by atoms with Crippen LogP contribution in [0.4, 0.5) is 5.69 Å². The second-order valence-electron chi connectivity index (χ2n) is 4.92. The fraction of sp³-hybridized carbons (Fsp3) is 0.188. The highest BCUT2D eigenvalue weighted by molar-refractivity contribution is 8.00.